The Bertz CT molecular complexity index is 546. The molecule has 3 rings (SSSR count). The number of ether oxygens (including phenoxy) is 1. The Labute approximate surface area is 149 Å². The Balaban J connectivity index is 1.65. The normalized spacial score (nSPS) is 23.0. The maximum Gasteiger partial charge on any atom is 0.227 e. The van der Waals surface area contributed by atoms with Crippen LogP contribution in [0.5, 0.6) is 0 Å². The molecule has 2 heterocycles. The SMILES string of the molecule is Cc1cccc(CC(=O)N2CCCSCC2CN2CCOCC2)c1. The van der Waals surface area contributed by atoms with Crippen LogP contribution < -0.4 is 0 Å². The van der Waals surface area contributed by atoms with Crippen molar-refractivity contribution in [2.75, 3.05) is 50.9 Å². The second kappa shape index (κ2) is 8.88. The molecule has 5 heteroatoms. The molecule has 1 amide bonds. The fourth-order valence-electron chi connectivity index (χ4n) is 3.49. The van der Waals surface area contributed by atoms with Gasteiger partial charge in [-0.2, -0.15) is 11.8 Å². The summed E-state index contributed by atoms with van der Waals surface area (Å²) in [5.74, 6) is 2.49. The second-order valence-electron chi connectivity index (χ2n) is 6.75. The lowest BCUT2D eigenvalue weighted by Gasteiger charge is -2.35. The zero-order chi connectivity index (χ0) is 16.8. The Kier molecular flexibility index (Phi) is 6.58. The van der Waals surface area contributed by atoms with Crippen molar-refractivity contribution in [3.8, 4) is 0 Å². The van der Waals surface area contributed by atoms with E-state index >= 15 is 0 Å². The van der Waals surface area contributed by atoms with E-state index in [-0.39, 0.29) is 5.91 Å². The van der Waals surface area contributed by atoms with Crippen LogP contribution in [0.25, 0.3) is 0 Å². The van der Waals surface area contributed by atoms with Crippen LogP contribution in [0.3, 0.4) is 0 Å². The van der Waals surface area contributed by atoms with E-state index in [2.05, 4.69) is 34.9 Å². The molecule has 0 aromatic heterocycles. The molecule has 0 aliphatic carbocycles. The van der Waals surface area contributed by atoms with Gasteiger partial charge in [-0.25, -0.2) is 0 Å². The fourth-order valence-corrected chi connectivity index (χ4v) is 4.55. The predicted molar refractivity (Wildman–Crippen MR) is 99.6 cm³/mol. The van der Waals surface area contributed by atoms with E-state index in [1.807, 2.05) is 17.8 Å². The molecule has 24 heavy (non-hydrogen) atoms. The van der Waals surface area contributed by atoms with Crippen molar-refractivity contribution >= 4 is 17.7 Å². The van der Waals surface area contributed by atoms with Crippen molar-refractivity contribution in [3.05, 3.63) is 35.4 Å². The Morgan fingerprint density at radius 3 is 2.92 bits per heavy atom. The summed E-state index contributed by atoms with van der Waals surface area (Å²) < 4.78 is 5.45. The molecular formula is C19H28N2O2S. The van der Waals surface area contributed by atoms with Gasteiger partial charge < -0.3 is 9.64 Å². The molecule has 1 aromatic rings. The number of nitrogens with zero attached hydrogens (tertiary/aromatic N) is 2. The predicted octanol–water partition coefficient (Wildman–Crippen LogP) is 2.20. The van der Waals surface area contributed by atoms with E-state index in [0.717, 1.165) is 62.9 Å². The summed E-state index contributed by atoms with van der Waals surface area (Å²) in [7, 11) is 0. The van der Waals surface area contributed by atoms with E-state index < -0.39 is 0 Å². The first-order chi connectivity index (χ1) is 11.7. The minimum atomic E-state index is 0.279. The summed E-state index contributed by atoms with van der Waals surface area (Å²) in [5, 5.41) is 0. The van der Waals surface area contributed by atoms with Gasteiger partial charge in [0.1, 0.15) is 0 Å². The lowest BCUT2D eigenvalue weighted by molar-refractivity contribution is -0.132. The number of carbonyl (C=O) groups excluding carboxylic acids is 1. The number of rotatable bonds is 4. The largest absolute Gasteiger partial charge is 0.379 e. The highest BCUT2D eigenvalue weighted by molar-refractivity contribution is 7.99. The van der Waals surface area contributed by atoms with Crippen molar-refractivity contribution in [1.29, 1.82) is 0 Å². The topological polar surface area (TPSA) is 32.8 Å². The van der Waals surface area contributed by atoms with Gasteiger partial charge in [0.25, 0.3) is 0 Å². The molecule has 0 spiro atoms. The number of aryl methyl sites for hydroxylation is 1. The maximum absolute atomic E-state index is 13.0. The molecule has 4 nitrogen and oxygen atoms in total. The number of morpholine rings is 1. The minimum absolute atomic E-state index is 0.279. The smallest absolute Gasteiger partial charge is 0.227 e. The van der Waals surface area contributed by atoms with Gasteiger partial charge in [-0.05, 0) is 24.7 Å². The summed E-state index contributed by atoms with van der Waals surface area (Å²) in [4.78, 5) is 17.6. The molecule has 0 N–H and O–H groups in total. The number of hydrogen-bond donors (Lipinski definition) is 0. The first-order valence-corrected chi connectivity index (χ1v) is 10.1. The van der Waals surface area contributed by atoms with E-state index in [9.17, 15) is 4.79 Å². The molecule has 2 fully saturated rings. The number of thioether (sulfide) groups is 1. The molecule has 2 saturated heterocycles. The number of hydrogen-bond acceptors (Lipinski definition) is 4. The van der Waals surface area contributed by atoms with Gasteiger partial charge in [0, 0.05) is 31.9 Å². The number of amides is 1. The molecule has 132 valence electrons. The lowest BCUT2D eigenvalue weighted by Crippen LogP contribution is -2.50. The van der Waals surface area contributed by atoms with E-state index in [1.165, 1.54) is 5.56 Å². The molecule has 2 aliphatic rings. The first-order valence-electron chi connectivity index (χ1n) is 8.95. The van der Waals surface area contributed by atoms with Crippen LogP contribution in [-0.2, 0) is 16.0 Å². The van der Waals surface area contributed by atoms with Crippen LogP contribution >= 0.6 is 11.8 Å². The highest BCUT2D eigenvalue weighted by atomic mass is 32.2. The van der Waals surface area contributed by atoms with Crippen LogP contribution in [0.1, 0.15) is 17.5 Å². The first kappa shape index (κ1) is 17.8. The summed E-state index contributed by atoms with van der Waals surface area (Å²) in [6, 6.07) is 8.64. The molecule has 1 unspecified atom stereocenters. The molecule has 0 saturated carbocycles. The van der Waals surface area contributed by atoms with Crippen molar-refractivity contribution < 1.29 is 9.53 Å². The molecular weight excluding hydrogens is 320 g/mol. The summed E-state index contributed by atoms with van der Waals surface area (Å²) in [6.45, 7) is 7.57. The molecule has 1 atom stereocenters. The monoisotopic (exact) mass is 348 g/mol. The van der Waals surface area contributed by atoms with Gasteiger partial charge in [-0.3, -0.25) is 9.69 Å². The zero-order valence-electron chi connectivity index (χ0n) is 14.6. The molecule has 0 bridgehead atoms. The fraction of sp³-hybridized carbons (Fsp3) is 0.632. The van der Waals surface area contributed by atoms with Crippen molar-refractivity contribution in [1.82, 2.24) is 9.80 Å². The lowest BCUT2D eigenvalue weighted by atomic mass is 10.1. The van der Waals surface area contributed by atoms with Crippen LogP contribution in [0.4, 0.5) is 0 Å². The van der Waals surface area contributed by atoms with Gasteiger partial charge in [-0.15, -0.1) is 0 Å². The third kappa shape index (κ3) is 4.98. The molecule has 2 aliphatic heterocycles. The molecule has 0 radical (unpaired) electrons. The maximum atomic E-state index is 13.0. The third-order valence-electron chi connectivity index (χ3n) is 4.77. The van der Waals surface area contributed by atoms with E-state index in [4.69, 9.17) is 4.74 Å². The Hall–Kier alpha value is -1.04. The second-order valence-corrected chi connectivity index (χ2v) is 7.90. The van der Waals surface area contributed by atoms with Crippen molar-refractivity contribution in [2.45, 2.75) is 25.8 Å². The van der Waals surface area contributed by atoms with Gasteiger partial charge in [0.15, 0.2) is 0 Å². The van der Waals surface area contributed by atoms with Crippen molar-refractivity contribution in [3.63, 3.8) is 0 Å². The number of carbonyl (C=O) groups is 1. The van der Waals surface area contributed by atoms with E-state index in [1.54, 1.807) is 0 Å². The van der Waals surface area contributed by atoms with Crippen LogP contribution in [-0.4, -0.2) is 72.6 Å². The number of benzene rings is 1. The highest BCUT2D eigenvalue weighted by Gasteiger charge is 2.28. The average molecular weight is 349 g/mol. The van der Waals surface area contributed by atoms with Crippen LogP contribution in [0.15, 0.2) is 24.3 Å². The third-order valence-corrected chi connectivity index (χ3v) is 5.97. The summed E-state index contributed by atoms with van der Waals surface area (Å²) in [5.41, 5.74) is 2.35. The Morgan fingerprint density at radius 1 is 1.29 bits per heavy atom. The van der Waals surface area contributed by atoms with Gasteiger partial charge in [0.2, 0.25) is 5.91 Å². The van der Waals surface area contributed by atoms with E-state index in [0.29, 0.717) is 12.5 Å². The van der Waals surface area contributed by atoms with Crippen molar-refractivity contribution in [2.24, 2.45) is 0 Å². The summed E-state index contributed by atoms with van der Waals surface area (Å²) >= 11 is 1.99. The van der Waals surface area contributed by atoms with Crippen LogP contribution in [0.2, 0.25) is 0 Å². The van der Waals surface area contributed by atoms with Crippen LogP contribution in [0, 0.1) is 6.92 Å². The van der Waals surface area contributed by atoms with Gasteiger partial charge >= 0.3 is 0 Å². The Morgan fingerprint density at radius 2 is 2.12 bits per heavy atom. The van der Waals surface area contributed by atoms with Gasteiger partial charge in [0.05, 0.1) is 25.7 Å². The standard InChI is InChI=1S/C19H28N2O2S/c1-16-4-2-5-17(12-16)13-19(22)21-6-3-11-24-15-18(21)14-20-7-9-23-10-8-20/h2,4-5,12,18H,3,6-11,13-15H2,1H3. The summed E-state index contributed by atoms with van der Waals surface area (Å²) in [6.07, 6.45) is 1.62. The highest BCUT2D eigenvalue weighted by Crippen LogP contribution is 2.19. The average Bonchev–Trinajstić information content (AvgIpc) is 2.81. The van der Waals surface area contributed by atoms with Gasteiger partial charge in [-0.1, -0.05) is 29.8 Å². The minimum Gasteiger partial charge on any atom is -0.379 e. The molecule has 1 aromatic carbocycles. The zero-order valence-corrected chi connectivity index (χ0v) is 15.4. The quantitative estimate of drug-likeness (QED) is 0.835.